The van der Waals surface area contributed by atoms with Crippen LogP contribution >= 0.6 is 0 Å². The molecule has 0 radical (unpaired) electrons. The molecule has 1 aliphatic rings. The van der Waals surface area contributed by atoms with Gasteiger partial charge in [-0.2, -0.15) is 5.10 Å². The average Bonchev–Trinajstić information content (AvgIpc) is 3.40. The first kappa shape index (κ1) is 18.9. The van der Waals surface area contributed by atoms with Crippen LogP contribution in [0.4, 0.5) is 11.5 Å². The quantitative estimate of drug-likeness (QED) is 0.677. The largest absolute Gasteiger partial charge is 0.326 e. The Morgan fingerprint density at radius 1 is 0.966 bits per heavy atom. The van der Waals surface area contributed by atoms with Gasteiger partial charge >= 0.3 is 0 Å². The van der Waals surface area contributed by atoms with Crippen molar-refractivity contribution in [1.82, 2.24) is 9.78 Å². The van der Waals surface area contributed by atoms with E-state index in [9.17, 15) is 9.59 Å². The topological polar surface area (TPSA) is 76.0 Å². The Morgan fingerprint density at radius 2 is 1.66 bits per heavy atom. The lowest BCUT2D eigenvalue weighted by molar-refractivity contribution is -0.119. The molecular formula is C23H24N4O2. The number of carbonyl (C=O) groups is 2. The minimum absolute atomic E-state index is 0.110. The molecule has 0 saturated heterocycles. The number of anilines is 2. The molecule has 2 aromatic carbocycles. The van der Waals surface area contributed by atoms with E-state index in [0.29, 0.717) is 11.4 Å². The molecule has 1 aromatic heterocycles. The van der Waals surface area contributed by atoms with Gasteiger partial charge < -0.3 is 10.6 Å². The fourth-order valence-corrected chi connectivity index (χ4v) is 3.66. The van der Waals surface area contributed by atoms with E-state index in [4.69, 9.17) is 0 Å². The molecule has 1 heterocycles. The lowest BCUT2D eigenvalue weighted by Crippen LogP contribution is -2.20. The molecular weight excluding hydrogens is 364 g/mol. The summed E-state index contributed by atoms with van der Waals surface area (Å²) < 4.78 is 1.64. The third kappa shape index (κ3) is 4.37. The van der Waals surface area contributed by atoms with E-state index in [1.165, 1.54) is 0 Å². The van der Waals surface area contributed by atoms with Crippen LogP contribution in [-0.4, -0.2) is 21.6 Å². The fraction of sp³-hybridized carbons (Fsp3) is 0.261. The Balaban J connectivity index is 1.44. The SMILES string of the molecule is Cn1nc(-c2ccc(NC(=O)C3CCCC3)cc2)cc1NC(=O)c1ccccc1. The summed E-state index contributed by atoms with van der Waals surface area (Å²) in [5.74, 6) is 0.692. The van der Waals surface area contributed by atoms with Crippen LogP contribution in [0.3, 0.4) is 0 Å². The number of carbonyl (C=O) groups excluding carboxylic acids is 2. The first-order valence-electron chi connectivity index (χ1n) is 9.92. The smallest absolute Gasteiger partial charge is 0.256 e. The van der Waals surface area contributed by atoms with Gasteiger partial charge in [0.05, 0.1) is 5.69 Å². The van der Waals surface area contributed by atoms with Crippen LogP contribution in [-0.2, 0) is 11.8 Å². The Hall–Kier alpha value is -3.41. The van der Waals surface area contributed by atoms with E-state index in [0.717, 1.165) is 42.6 Å². The van der Waals surface area contributed by atoms with Crippen LogP contribution in [0.5, 0.6) is 0 Å². The molecule has 1 aliphatic carbocycles. The molecule has 4 rings (SSSR count). The number of aryl methyl sites for hydroxylation is 1. The maximum atomic E-state index is 12.4. The van der Waals surface area contributed by atoms with Gasteiger partial charge in [0.15, 0.2) is 0 Å². The average molecular weight is 388 g/mol. The number of benzene rings is 2. The molecule has 0 unspecified atom stereocenters. The van der Waals surface area contributed by atoms with Crippen LogP contribution < -0.4 is 10.6 Å². The van der Waals surface area contributed by atoms with Gasteiger partial charge in [-0.1, -0.05) is 43.2 Å². The number of nitrogens with one attached hydrogen (secondary N) is 2. The van der Waals surface area contributed by atoms with Gasteiger partial charge in [0.2, 0.25) is 5.91 Å². The van der Waals surface area contributed by atoms with Crippen molar-refractivity contribution in [2.75, 3.05) is 10.6 Å². The predicted molar refractivity (Wildman–Crippen MR) is 114 cm³/mol. The number of hydrogen-bond donors (Lipinski definition) is 2. The van der Waals surface area contributed by atoms with Gasteiger partial charge in [-0.05, 0) is 37.1 Å². The van der Waals surface area contributed by atoms with E-state index < -0.39 is 0 Å². The summed E-state index contributed by atoms with van der Waals surface area (Å²) in [4.78, 5) is 24.6. The monoisotopic (exact) mass is 388 g/mol. The van der Waals surface area contributed by atoms with Crippen LogP contribution in [0, 0.1) is 5.92 Å². The highest BCUT2D eigenvalue weighted by Gasteiger charge is 2.22. The summed E-state index contributed by atoms with van der Waals surface area (Å²) in [6, 6.07) is 18.5. The maximum absolute atomic E-state index is 12.4. The van der Waals surface area contributed by atoms with Crippen molar-refractivity contribution in [1.29, 1.82) is 0 Å². The van der Waals surface area contributed by atoms with E-state index in [2.05, 4.69) is 15.7 Å². The first-order valence-corrected chi connectivity index (χ1v) is 9.92. The molecule has 0 aliphatic heterocycles. The number of hydrogen-bond acceptors (Lipinski definition) is 3. The van der Waals surface area contributed by atoms with E-state index in [1.807, 2.05) is 48.5 Å². The molecule has 0 bridgehead atoms. The Morgan fingerprint density at radius 3 is 2.34 bits per heavy atom. The maximum Gasteiger partial charge on any atom is 0.256 e. The first-order chi connectivity index (χ1) is 14.1. The zero-order chi connectivity index (χ0) is 20.2. The molecule has 3 aromatic rings. The molecule has 6 nitrogen and oxygen atoms in total. The van der Waals surface area contributed by atoms with Crippen molar-refractivity contribution in [2.45, 2.75) is 25.7 Å². The summed E-state index contributed by atoms with van der Waals surface area (Å²) >= 11 is 0. The molecule has 1 fully saturated rings. The Labute approximate surface area is 169 Å². The Bertz CT molecular complexity index is 1000. The van der Waals surface area contributed by atoms with E-state index >= 15 is 0 Å². The summed E-state index contributed by atoms with van der Waals surface area (Å²) in [6.45, 7) is 0. The summed E-state index contributed by atoms with van der Waals surface area (Å²) in [5.41, 5.74) is 3.06. The summed E-state index contributed by atoms with van der Waals surface area (Å²) in [6.07, 6.45) is 4.24. The van der Waals surface area contributed by atoms with Gasteiger partial charge in [-0.15, -0.1) is 0 Å². The van der Waals surface area contributed by atoms with Gasteiger partial charge in [0, 0.05) is 35.8 Å². The second-order valence-corrected chi connectivity index (χ2v) is 7.41. The number of amides is 2. The second kappa shape index (κ2) is 8.31. The predicted octanol–water partition coefficient (Wildman–Crippen LogP) is 4.47. The molecule has 0 atom stereocenters. The van der Waals surface area contributed by atoms with Crippen LogP contribution in [0.15, 0.2) is 60.7 Å². The second-order valence-electron chi connectivity index (χ2n) is 7.41. The number of nitrogens with zero attached hydrogens (tertiary/aromatic N) is 2. The highest BCUT2D eigenvalue weighted by Crippen LogP contribution is 2.27. The number of rotatable bonds is 5. The molecule has 29 heavy (non-hydrogen) atoms. The van der Waals surface area contributed by atoms with Crippen molar-refractivity contribution in [3.63, 3.8) is 0 Å². The standard InChI is InChI=1S/C23H24N4O2/c1-27-21(25-23(29)18-7-3-2-4-8-18)15-20(26-27)16-11-13-19(14-12-16)24-22(28)17-9-5-6-10-17/h2-4,7-8,11-15,17H,5-6,9-10H2,1H3,(H,24,28)(H,25,29). The van der Waals surface area contributed by atoms with Crippen LogP contribution in [0.25, 0.3) is 11.3 Å². The minimum atomic E-state index is -0.176. The van der Waals surface area contributed by atoms with Crippen LogP contribution in [0.1, 0.15) is 36.0 Å². The molecule has 2 amide bonds. The van der Waals surface area contributed by atoms with Gasteiger partial charge in [0.25, 0.3) is 5.91 Å². The normalized spacial score (nSPS) is 14.0. The number of aromatic nitrogens is 2. The van der Waals surface area contributed by atoms with Crippen LogP contribution in [0.2, 0.25) is 0 Å². The molecule has 1 saturated carbocycles. The summed E-state index contributed by atoms with van der Waals surface area (Å²) in [5, 5.41) is 10.4. The van der Waals surface area contributed by atoms with Crippen molar-refractivity contribution < 1.29 is 9.59 Å². The zero-order valence-corrected chi connectivity index (χ0v) is 16.4. The van der Waals surface area contributed by atoms with Crippen molar-refractivity contribution in [2.24, 2.45) is 13.0 Å². The van der Waals surface area contributed by atoms with Crippen molar-refractivity contribution in [3.05, 3.63) is 66.2 Å². The minimum Gasteiger partial charge on any atom is -0.326 e. The van der Waals surface area contributed by atoms with Crippen molar-refractivity contribution in [3.8, 4) is 11.3 Å². The van der Waals surface area contributed by atoms with E-state index in [1.54, 1.807) is 23.9 Å². The Kier molecular flexibility index (Phi) is 5.42. The van der Waals surface area contributed by atoms with Crippen molar-refractivity contribution >= 4 is 23.3 Å². The van der Waals surface area contributed by atoms with Gasteiger partial charge in [-0.3, -0.25) is 14.3 Å². The zero-order valence-electron chi connectivity index (χ0n) is 16.4. The molecule has 148 valence electrons. The molecule has 0 spiro atoms. The van der Waals surface area contributed by atoms with Gasteiger partial charge in [-0.25, -0.2) is 0 Å². The van der Waals surface area contributed by atoms with Gasteiger partial charge in [0.1, 0.15) is 5.82 Å². The van der Waals surface area contributed by atoms with E-state index in [-0.39, 0.29) is 17.7 Å². The lowest BCUT2D eigenvalue weighted by atomic mass is 10.1. The highest BCUT2D eigenvalue weighted by atomic mass is 16.2. The molecule has 2 N–H and O–H groups in total. The fourth-order valence-electron chi connectivity index (χ4n) is 3.66. The lowest BCUT2D eigenvalue weighted by Gasteiger charge is -2.10. The highest BCUT2D eigenvalue weighted by molar-refractivity contribution is 6.04. The third-order valence-electron chi connectivity index (χ3n) is 5.33. The third-order valence-corrected chi connectivity index (χ3v) is 5.33. The summed E-state index contributed by atoms with van der Waals surface area (Å²) in [7, 11) is 1.79. The molecule has 6 heteroatoms.